The van der Waals surface area contributed by atoms with Crippen molar-refractivity contribution in [2.45, 2.75) is 38.3 Å². The van der Waals surface area contributed by atoms with Crippen LogP contribution in [0, 0.1) is 0 Å². The molecule has 2 N–H and O–H groups in total. The van der Waals surface area contributed by atoms with Gasteiger partial charge in [0, 0.05) is 6.04 Å². The fraction of sp³-hybridized carbons (Fsp3) is 0.700. The average Bonchev–Trinajstić information content (AvgIpc) is 2.17. The van der Waals surface area contributed by atoms with Gasteiger partial charge in [-0.2, -0.15) is 0 Å². The summed E-state index contributed by atoms with van der Waals surface area (Å²) in [5, 5.41) is 5.01. The molecule has 1 heterocycles. The maximum absolute atomic E-state index is 11.8. The standard InChI is InChI=1S/C10H15N3O3/c1-6-9(15)12-8(14)5-13(6)10(16)11-7-3-2-4-7/h6-7H,2-5H2,1H3,(H,11,16)(H,12,14,15). The van der Waals surface area contributed by atoms with Crippen molar-refractivity contribution >= 4 is 17.8 Å². The van der Waals surface area contributed by atoms with Gasteiger partial charge in [-0.15, -0.1) is 0 Å². The first-order chi connectivity index (χ1) is 7.58. The summed E-state index contributed by atoms with van der Waals surface area (Å²) in [5.41, 5.74) is 0. The molecule has 0 aromatic rings. The normalized spacial score (nSPS) is 26.1. The molecule has 0 bridgehead atoms. The van der Waals surface area contributed by atoms with E-state index in [1.54, 1.807) is 6.92 Å². The number of piperazine rings is 1. The molecule has 1 saturated heterocycles. The highest BCUT2D eigenvalue weighted by Gasteiger charge is 2.34. The topological polar surface area (TPSA) is 78.5 Å². The van der Waals surface area contributed by atoms with E-state index in [0.717, 1.165) is 19.3 Å². The van der Waals surface area contributed by atoms with Crippen molar-refractivity contribution in [1.82, 2.24) is 15.5 Å². The Balaban J connectivity index is 1.97. The molecule has 6 nitrogen and oxygen atoms in total. The highest BCUT2D eigenvalue weighted by molar-refractivity contribution is 6.03. The molecule has 0 radical (unpaired) electrons. The summed E-state index contributed by atoms with van der Waals surface area (Å²) in [7, 11) is 0. The van der Waals surface area contributed by atoms with E-state index in [1.807, 2.05) is 0 Å². The lowest BCUT2D eigenvalue weighted by atomic mass is 9.93. The van der Waals surface area contributed by atoms with Gasteiger partial charge < -0.3 is 10.2 Å². The van der Waals surface area contributed by atoms with E-state index in [4.69, 9.17) is 0 Å². The summed E-state index contributed by atoms with van der Waals surface area (Å²) in [6, 6.07) is -0.696. The molecule has 1 aliphatic heterocycles. The van der Waals surface area contributed by atoms with Gasteiger partial charge >= 0.3 is 6.03 Å². The van der Waals surface area contributed by atoms with E-state index in [-0.39, 0.29) is 18.6 Å². The van der Waals surface area contributed by atoms with Crippen LogP contribution < -0.4 is 10.6 Å². The minimum absolute atomic E-state index is 0.0501. The highest BCUT2D eigenvalue weighted by Crippen LogP contribution is 2.18. The minimum atomic E-state index is -0.585. The summed E-state index contributed by atoms with van der Waals surface area (Å²) in [4.78, 5) is 35.5. The molecular weight excluding hydrogens is 210 g/mol. The molecule has 2 fully saturated rings. The highest BCUT2D eigenvalue weighted by atomic mass is 16.2. The van der Waals surface area contributed by atoms with E-state index in [9.17, 15) is 14.4 Å². The maximum atomic E-state index is 11.8. The molecule has 4 amide bonds. The van der Waals surface area contributed by atoms with Crippen LogP contribution in [-0.2, 0) is 9.59 Å². The fourth-order valence-electron chi connectivity index (χ4n) is 1.77. The second-order valence-electron chi connectivity index (χ2n) is 4.29. The molecule has 16 heavy (non-hydrogen) atoms. The van der Waals surface area contributed by atoms with Crippen LogP contribution in [0.2, 0.25) is 0 Å². The molecule has 1 unspecified atom stereocenters. The van der Waals surface area contributed by atoms with Crippen molar-refractivity contribution in [3.05, 3.63) is 0 Å². The zero-order valence-corrected chi connectivity index (χ0v) is 9.16. The first-order valence-corrected chi connectivity index (χ1v) is 5.49. The number of carbonyl (C=O) groups excluding carboxylic acids is 3. The molecule has 88 valence electrons. The van der Waals surface area contributed by atoms with E-state index in [1.165, 1.54) is 4.90 Å². The van der Waals surface area contributed by atoms with Gasteiger partial charge in [0.15, 0.2) is 0 Å². The third-order valence-electron chi connectivity index (χ3n) is 3.12. The van der Waals surface area contributed by atoms with Crippen LogP contribution >= 0.6 is 0 Å². The number of nitrogens with one attached hydrogen (secondary N) is 2. The first kappa shape index (κ1) is 10.9. The Morgan fingerprint density at radius 1 is 1.44 bits per heavy atom. The number of rotatable bonds is 1. The smallest absolute Gasteiger partial charge is 0.318 e. The number of hydrogen-bond acceptors (Lipinski definition) is 3. The molecule has 2 rings (SSSR count). The van der Waals surface area contributed by atoms with E-state index in [2.05, 4.69) is 10.6 Å². The Labute approximate surface area is 93.4 Å². The van der Waals surface area contributed by atoms with E-state index >= 15 is 0 Å². The molecule has 2 aliphatic rings. The van der Waals surface area contributed by atoms with Gasteiger partial charge in [0.2, 0.25) is 11.8 Å². The van der Waals surface area contributed by atoms with Crippen LogP contribution in [0.5, 0.6) is 0 Å². The van der Waals surface area contributed by atoms with Crippen LogP contribution in [0.3, 0.4) is 0 Å². The Kier molecular flexibility index (Phi) is 2.80. The number of carbonyl (C=O) groups is 3. The van der Waals surface area contributed by atoms with Crippen LogP contribution in [0.4, 0.5) is 4.79 Å². The van der Waals surface area contributed by atoms with Gasteiger partial charge in [-0.05, 0) is 26.2 Å². The number of nitrogens with zero attached hydrogens (tertiary/aromatic N) is 1. The molecule has 0 spiro atoms. The SMILES string of the molecule is CC1C(=O)NC(=O)CN1C(=O)NC1CCC1. The predicted molar refractivity (Wildman–Crippen MR) is 55.5 cm³/mol. The van der Waals surface area contributed by atoms with Gasteiger partial charge in [0.25, 0.3) is 0 Å². The zero-order chi connectivity index (χ0) is 11.7. The zero-order valence-electron chi connectivity index (χ0n) is 9.16. The number of amides is 4. The lowest BCUT2D eigenvalue weighted by Crippen LogP contribution is -2.61. The summed E-state index contributed by atoms with van der Waals surface area (Å²) in [5.74, 6) is -0.841. The van der Waals surface area contributed by atoms with Crippen molar-refractivity contribution in [2.24, 2.45) is 0 Å². The Morgan fingerprint density at radius 2 is 2.12 bits per heavy atom. The summed E-state index contributed by atoms with van der Waals surface area (Å²) < 4.78 is 0. The molecule has 0 aromatic heterocycles. The largest absolute Gasteiger partial charge is 0.335 e. The van der Waals surface area contributed by atoms with Gasteiger partial charge in [0.1, 0.15) is 12.6 Å². The van der Waals surface area contributed by atoms with Gasteiger partial charge in [-0.1, -0.05) is 0 Å². The lowest BCUT2D eigenvalue weighted by Gasteiger charge is -2.35. The Morgan fingerprint density at radius 3 is 2.69 bits per heavy atom. The number of imide groups is 1. The minimum Gasteiger partial charge on any atom is -0.335 e. The maximum Gasteiger partial charge on any atom is 0.318 e. The van der Waals surface area contributed by atoms with Crippen molar-refractivity contribution in [2.75, 3.05) is 6.54 Å². The molecule has 6 heteroatoms. The summed E-state index contributed by atoms with van der Waals surface area (Å²) >= 11 is 0. The van der Waals surface area contributed by atoms with Crippen molar-refractivity contribution in [3.8, 4) is 0 Å². The summed E-state index contributed by atoms with van der Waals surface area (Å²) in [6.45, 7) is 1.56. The van der Waals surface area contributed by atoms with Gasteiger partial charge in [0.05, 0.1) is 0 Å². The molecule has 1 saturated carbocycles. The third kappa shape index (κ3) is 2.00. The fourth-order valence-corrected chi connectivity index (χ4v) is 1.77. The van der Waals surface area contributed by atoms with Crippen LogP contribution in [0.15, 0.2) is 0 Å². The monoisotopic (exact) mass is 225 g/mol. The first-order valence-electron chi connectivity index (χ1n) is 5.49. The van der Waals surface area contributed by atoms with Gasteiger partial charge in [-0.3, -0.25) is 14.9 Å². The van der Waals surface area contributed by atoms with Crippen LogP contribution in [0.1, 0.15) is 26.2 Å². The lowest BCUT2D eigenvalue weighted by molar-refractivity contribution is -0.137. The van der Waals surface area contributed by atoms with E-state index in [0.29, 0.717) is 0 Å². The van der Waals surface area contributed by atoms with Crippen molar-refractivity contribution in [1.29, 1.82) is 0 Å². The third-order valence-corrected chi connectivity index (χ3v) is 3.12. The van der Waals surface area contributed by atoms with Crippen LogP contribution in [-0.4, -0.2) is 41.4 Å². The predicted octanol–water partition coefficient (Wildman–Crippen LogP) is -0.405. The second kappa shape index (κ2) is 4.11. The quantitative estimate of drug-likeness (QED) is 0.596. The second-order valence-corrected chi connectivity index (χ2v) is 4.29. The molecule has 0 aromatic carbocycles. The van der Waals surface area contributed by atoms with Crippen molar-refractivity contribution < 1.29 is 14.4 Å². The molecule has 1 atom stereocenters. The summed E-state index contributed by atoms with van der Waals surface area (Å²) in [6.07, 6.45) is 3.09. The number of hydrogen-bond donors (Lipinski definition) is 2. The van der Waals surface area contributed by atoms with Crippen LogP contribution in [0.25, 0.3) is 0 Å². The average molecular weight is 225 g/mol. The van der Waals surface area contributed by atoms with Crippen molar-refractivity contribution in [3.63, 3.8) is 0 Å². The molecule has 1 aliphatic carbocycles. The Bertz CT molecular complexity index is 338. The van der Waals surface area contributed by atoms with Gasteiger partial charge in [-0.25, -0.2) is 4.79 Å². The number of urea groups is 1. The van der Waals surface area contributed by atoms with E-state index < -0.39 is 17.9 Å². The Hall–Kier alpha value is -1.59. The molecular formula is C10H15N3O3.